The number of nitrogens with one attached hydrogen (secondary N) is 2. The maximum absolute atomic E-state index is 12.3. The molecule has 0 bridgehead atoms. The van der Waals surface area contributed by atoms with Gasteiger partial charge in [0.05, 0.1) is 0 Å². The quantitative estimate of drug-likeness (QED) is 0.269. The highest BCUT2D eigenvalue weighted by atomic mass is 33.1. The van der Waals surface area contributed by atoms with Gasteiger partial charge >= 0.3 is 11.8 Å². The summed E-state index contributed by atoms with van der Waals surface area (Å²) >= 11 is 0. The molecule has 1 heterocycles. The van der Waals surface area contributed by atoms with Gasteiger partial charge in [0, 0.05) is 0 Å². The summed E-state index contributed by atoms with van der Waals surface area (Å²) in [4.78, 5) is 35.5. The molecule has 1 fully saturated rings. The van der Waals surface area contributed by atoms with Crippen molar-refractivity contribution >= 4 is 39.3 Å². The molecule has 3 amide bonds. The van der Waals surface area contributed by atoms with Crippen molar-refractivity contribution in [2.45, 2.75) is 10.1 Å². The van der Waals surface area contributed by atoms with Crippen LogP contribution in [-0.4, -0.2) is 23.1 Å². The Labute approximate surface area is 182 Å². The second kappa shape index (κ2) is 8.77. The molecule has 1 saturated heterocycles. The number of hydrogen-bond donors (Lipinski definition) is 2. The van der Waals surface area contributed by atoms with E-state index in [2.05, 4.69) is 47.0 Å². The van der Waals surface area contributed by atoms with E-state index in [4.69, 9.17) is 0 Å². The molecule has 30 heavy (non-hydrogen) atoms. The van der Waals surface area contributed by atoms with Crippen LogP contribution in [0.5, 0.6) is 0 Å². The third kappa shape index (κ3) is 3.86. The Hall–Kier alpha value is -3.03. The van der Waals surface area contributed by atoms with E-state index >= 15 is 0 Å². The Morgan fingerprint density at radius 1 is 0.633 bits per heavy atom. The summed E-state index contributed by atoms with van der Waals surface area (Å²) < 4.78 is -0.638. The van der Waals surface area contributed by atoms with Crippen LogP contribution in [0.1, 0.15) is 16.7 Å². The van der Waals surface area contributed by atoms with Crippen LogP contribution in [0.4, 0.5) is 0 Å². The molecule has 1 aliphatic heterocycles. The molecule has 0 saturated carbocycles. The van der Waals surface area contributed by atoms with Gasteiger partial charge in [-0.25, -0.2) is 0 Å². The maximum Gasteiger partial charge on any atom is 0.315 e. The van der Waals surface area contributed by atoms with Gasteiger partial charge in [0.1, 0.15) is 4.75 Å². The van der Waals surface area contributed by atoms with Crippen molar-refractivity contribution in [3.63, 3.8) is 0 Å². The first kappa shape index (κ1) is 20.3. The van der Waals surface area contributed by atoms with Crippen molar-refractivity contribution in [1.82, 2.24) is 10.6 Å². The van der Waals surface area contributed by atoms with Gasteiger partial charge in [-0.05, 0) is 16.7 Å². The van der Waals surface area contributed by atoms with Crippen LogP contribution in [0.2, 0.25) is 0 Å². The average molecular weight is 435 g/mol. The summed E-state index contributed by atoms with van der Waals surface area (Å²) in [7, 11) is 2.69. The Morgan fingerprint density at radius 3 is 1.50 bits per heavy atom. The van der Waals surface area contributed by atoms with Gasteiger partial charge in [-0.15, -0.1) is 0 Å². The largest absolute Gasteiger partial charge is 0.327 e. The van der Waals surface area contributed by atoms with E-state index in [1.54, 1.807) is 0 Å². The molecule has 2 N–H and O–H groups in total. The molecule has 1 unspecified atom stereocenters. The van der Waals surface area contributed by atoms with Crippen molar-refractivity contribution in [1.29, 1.82) is 0 Å². The molecule has 7 heteroatoms. The van der Waals surface area contributed by atoms with Crippen LogP contribution in [0, 0.1) is 0 Å². The van der Waals surface area contributed by atoms with Gasteiger partial charge in [0.15, 0.2) is 5.37 Å². The van der Waals surface area contributed by atoms with E-state index in [1.807, 2.05) is 54.6 Å². The van der Waals surface area contributed by atoms with Gasteiger partial charge in [-0.2, -0.15) is 0 Å². The van der Waals surface area contributed by atoms with Crippen LogP contribution in [-0.2, 0) is 19.1 Å². The Bertz CT molecular complexity index is 963. The highest BCUT2D eigenvalue weighted by Crippen LogP contribution is 2.54. The molecule has 4 rings (SSSR count). The van der Waals surface area contributed by atoms with Crippen molar-refractivity contribution in [2.75, 3.05) is 0 Å². The molecule has 0 aliphatic carbocycles. The molecule has 3 aromatic rings. The number of amides is 3. The molecular weight excluding hydrogens is 416 g/mol. The number of benzene rings is 3. The molecule has 5 nitrogen and oxygen atoms in total. The van der Waals surface area contributed by atoms with Gasteiger partial charge < -0.3 is 5.32 Å². The number of imide groups is 1. The zero-order valence-corrected chi connectivity index (χ0v) is 17.4. The topological polar surface area (TPSA) is 75.3 Å². The van der Waals surface area contributed by atoms with E-state index in [-0.39, 0.29) is 0 Å². The second-order valence-electron chi connectivity index (χ2n) is 6.63. The SMILES string of the molecule is O=C1NC(=O)C(SSC(c2ccccc2)(c2ccccc2)c2ccccc2)NC1=O. The molecule has 150 valence electrons. The van der Waals surface area contributed by atoms with Gasteiger partial charge in [-0.3, -0.25) is 19.7 Å². The highest BCUT2D eigenvalue weighted by molar-refractivity contribution is 8.77. The van der Waals surface area contributed by atoms with E-state index < -0.39 is 27.8 Å². The van der Waals surface area contributed by atoms with Crippen LogP contribution >= 0.6 is 21.6 Å². The van der Waals surface area contributed by atoms with Crippen LogP contribution in [0.25, 0.3) is 0 Å². The summed E-state index contributed by atoms with van der Waals surface area (Å²) in [6.07, 6.45) is 0. The van der Waals surface area contributed by atoms with Crippen LogP contribution in [0.15, 0.2) is 91.0 Å². The van der Waals surface area contributed by atoms with Crippen molar-refractivity contribution in [3.05, 3.63) is 108 Å². The van der Waals surface area contributed by atoms with E-state index in [9.17, 15) is 14.4 Å². The number of carbonyl (C=O) groups excluding carboxylic acids is 3. The van der Waals surface area contributed by atoms with Gasteiger partial charge in [0.2, 0.25) is 0 Å². The number of piperazine rings is 1. The third-order valence-electron chi connectivity index (χ3n) is 4.75. The van der Waals surface area contributed by atoms with Crippen molar-refractivity contribution in [2.24, 2.45) is 0 Å². The summed E-state index contributed by atoms with van der Waals surface area (Å²) in [5, 5.41) is 3.72. The molecule has 0 spiro atoms. The first-order valence-corrected chi connectivity index (χ1v) is 11.5. The zero-order valence-electron chi connectivity index (χ0n) is 15.8. The minimum absolute atomic E-state index is 0.528. The zero-order chi connectivity index (χ0) is 21.0. The first-order chi connectivity index (χ1) is 14.6. The van der Waals surface area contributed by atoms with E-state index in [0.29, 0.717) is 0 Å². The lowest BCUT2D eigenvalue weighted by Gasteiger charge is -2.36. The molecule has 0 radical (unpaired) electrons. The monoisotopic (exact) mass is 434 g/mol. The Morgan fingerprint density at radius 2 is 1.07 bits per heavy atom. The Kier molecular flexibility index (Phi) is 5.92. The number of hydrogen-bond acceptors (Lipinski definition) is 5. The second-order valence-corrected chi connectivity index (χ2v) is 9.15. The van der Waals surface area contributed by atoms with Crippen molar-refractivity contribution in [3.8, 4) is 0 Å². The lowest BCUT2D eigenvalue weighted by Crippen LogP contribution is -2.58. The predicted molar refractivity (Wildman–Crippen MR) is 119 cm³/mol. The van der Waals surface area contributed by atoms with E-state index in [1.165, 1.54) is 21.6 Å². The summed E-state index contributed by atoms with van der Waals surface area (Å²) in [5.74, 6) is -2.26. The minimum atomic E-state index is -0.928. The summed E-state index contributed by atoms with van der Waals surface area (Å²) in [5.41, 5.74) is 3.12. The highest BCUT2D eigenvalue weighted by Gasteiger charge is 2.41. The van der Waals surface area contributed by atoms with Gasteiger partial charge in [-0.1, -0.05) is 113 Å². The molecule has 1 atom stereocenters. The van der Waals surface area contributed by atoms with Gasteiger partial charge in [0.25, 0.3) is 5.91 Å². The smallest absolute Gasteiger partial charge is 0.315 e. The fraction of sp³-hybridized carbons (Fsp3) is 0.0870. The van der Waals surface area contributed by atoms with Crippen LogP contribution < -0.4 is 10.6 Å². The number of rotatable bonds is 6. The minimum Gasteiger partial charge on any atom is -0.327 e. The molecule has 1 aliphatic rings. The predicted octanol–water partition coefficient (Wildman–Crippen LogP) is 3.46. The van der Waals surface area contributed by atoms with Crippen LogP contribution in [0.3, 0.4) is 0 Å². The fourth-order valence-electron chi connectivity index (χ4n) is 3.34. The summed E-state index contributed by atoms with van der Waals surface area (Å²) in [6, 6.07) is 30.1. The first-order valence-electron chi connectivity index (χ1n) is 9.28. The standard InChI is InChI=1S/C23H18N2O3S2/c26-19-20(27)25-22(21(28)24-19)29-30-23(16-10-4-1-5-11-16,17-12-6-2-7-13-17)18-14-8-3-9-15-18/h1-15,22H,(H,25,27)(H,24,26,28). The summed E-state index contributed by atoms with van der Waals surface area (Å²) in [6.45, 7) is 0. The van der Waals surface area contributed by atoms with E-state index in [0.717, 1.165) is 16.7 Å². The average Bonchev–Trinajstić information content (AvgIpc) is 2.80. The molecule has 0 aromatic heterocycles. The normalized spacial score (nSPS) is 16.7. The lowest BCUT2D eigenvalue weighted by molar-refractivity contribution is -0.145. The third-order valence-corrected chi connectivity index (χ3v) is 7.95. The fourth-order valence-corrected chi connectivity index (χ4v) is 6.57. The maximum atomic E-state index is 12.3. The van der Waals surface area contributed by atoms with Crippen molar-refractivity contribution < 1.29 is 14.4 Å². The molecular formula is C23H18N2O3S2. The Balaban J connectivity index is 1.80. The number of carbonyl (C=O) groups is 3. The molecule has 3 aromatic carbocycles. The lowest BCUT2D eigenvalue weighted by atomic mass is 9.84.